The Kier molecular flexibility index (Phi) is 4.42. The molecule has 0 saturated carbocycles. The first kappa shape index (κ1) is 15.4. The summed E-state index contributed by atoms with van der Waals surface area (Å²) in [5.41, 5.74) is 1.93. The topological polar surface area (TPSA) is 39.2 Å². The predicted octanol–water partition coefficient (Wildman–Crippen LogP) is 5.39. The Bertz CT molecular complexity index is 800. The van der Waals surface area contributed by atoms with Crippen LogP contribution in [0.2, 0.25) is 0 Å². The summed E-state index contributed by atoms with van der Waals surface area (Å²) >= 11 is 4.87. The monoisotopic (exact) mass is 349 g/mol. The standard InChI is InChI=1S/C16H15NO2S3/c1-4-19-16(18)14-10(3)17-15(22-14)13-9(2)8-12(21-13)11-6-5-7-20-11/h5-8H,4H2,1-3H3. The zero-order chi connectivity index (χ0) is 15.7. The van der Waals surface area contributed by atoms with Crippen LogP contribution < -0.4 is 0 Å². The summed E-state index contributed by atoms with van der Waals surface area (Å²) in [5, 5.41) is 2.97. The van der Waals surface area contributed by atoms with E-state index in [2.05, 4.69) is 35.5 Å². The first-order chi connectivity index (χ1) is 10.6. The maximum Gasteiger partial charge on any atom is 0.350 e. The molecule has 22 heavy (non-hydrogen) atoms. The molecule has 0 bridgehead atoms. The number of esters is 1. The lowest BCUT2D eigenvalue weighted by Gasteiger charge is -1.97. The molecule has 6 heteroatoms. The summed E-state index contributed by atoms with van der Waals surface area (Å²) < 4.78 is 5.09. The fourth-order valence-corrected chi connectivity index (χ4v) is 5.21. The molecule has 3 aromatic heterocycles. The molecule has 3 nitrogen and oxygen atoms in total. The third-order valence-electron chi connectivity index (χ3n) is 3.13. The van der Waals surface area contributed by atoms with Gasteiger partial charge in [0.2, 0.25) is 0 Å². The molecule has 0 unspecified atom stereocenters. The molecule has 0 aliphatic rings. The lowest BCUT2D eigenvalue weighted by Crippen LogP contribution is -2.03. The second-order valence-corrected chi connectivity index (χ2v) is 7.75. The van der Waals surface area contributed by atoms with Gasteiger partial charge in [-0.05, 0) is 43.8 Å². The van der Waals surface area contributed by atoms with Gasteiger partial charge in [-0.1, -0.05) is 6.07 Å². The molecule has 114 valence electrons. The van der Waals surface area contributed by atoms with Crippen molar-refractivity contribution in [1.82, 2.24) is 4.98 Å². The fraction of sp³-hybridized carbons (Fsp3) is 0.250. The maximum atomic E-state index is 11.9. The van der Waals surface area contributed by atoms with Gasteiger partial charge in [0.15, 0.2) is 0 Å². The van der Waals surface area contributed by atoms with Gasteiger partial charge in [0.1, 0.15) is 9.88 Å². The first-order valence-corrected chi connectivity index (χ1v) is 9.40. The highest BCUT2D eigenvalue weighted by molar-refractivity contribution is 7.26. The summed E-state index contributed by atoms with van der Waals surface area (Å²) in [6.45, 7) is 6.14. The van der Waals surface area contributed by atoms with E-state index in [-0.39, 0.29) is 5.97 Å². The second kappa shape index (κ2) is 6.32. The number of rotatable bonds is 4. The highest BCUT2D eigenvalue weighted by Gasteiger charge is 2.20. The van der Waals surface area contributed by atoms with Gasteiger partial charge in [0, 0.05) is 9.75 Å². The van der Waals surface area contributed by atoms with Gasteiger partial charge in [0.25, 0.3) is 0 Å². The maximum absolute atomic E-state index is 11.9. The average molecular weight is 350 g/mol. The number of ether oxygens (including phenoxy) is 1. The number of carbonyl (C=O) groups excluding carboxylic acids is 1. The molecule has 0 saturated heterocycles. The van der Waals surface area contributed by atoms with Crippen LogP contribution in [0.3, 0.4) is 0 Å². The summed E-state index contributed by atoms with van der Waals surface area (Å²) in [4.78, 5) is 20.7. The predicted molar refractivity (Wildman–Crippen MR) is 94.2 cm³/mol. The Morgan fingerprint density at radius 1 is 1.27 bits per heavy atom. The largest absolute Gasteiger partial charge is 0.462 e. The third-order valence-corrected chi connectivity index (χ3v) is 6.73. The number of nitrogens with zero attached hydrogens (tertiary/aromatic N) is 1. The van der Waals surface area contributed by atoms with Gasteiger partial charge in [-0.2, -0.15) is 0 Å². The van der Waals surface area contributed by atoms with Crippen LogP contribution in [-0.2, 0) is 4.74 Å². The molecular weight excluding hydrogens is 334 g/mol. The van der Waals surface area contributed by atoms with E-state index >= 15 is 0 Å². The van der Waals surface area contributed by atoms with Gasteiger partial charge < -0.3 is 4.74 Å². The highest BCUT2D eigenvalue weighted by Crippen LogP contribution is 2.41. The number of aryl methyl sites for hydroxylation is 2. The van der Waals surface area contributed by atoms with Crippen molar-refractivity contribution in [3.63, 3.8) is 0 Å². The molecule has 0 spiro atoms. The van der Waals surface area contributed by atoms with Crippen molar-refractivity contribution in [2.75, 3.05) is 6.61 Å². The van der Waals surface area contributed by atoms with Crippen LogP contribution in [0.25, 0.3) is 19.6 Å². The molecule has 0 N–H and O–H groups in total. The zero-order valence-electron chi connectivity index (χ0n) is 12.5. The second-order valence-electron chi connectivity index (χ2n) is 4.75. The number of aromatic nitrogens is 1. The normalized spacial score (nSPS) is 10.9. The van der Waals surface area contributed by atoms with Crippen molar-refractivity contribution >= 4 is 40.0 Å². The summed E-state index contributed by atoms with van der Waals surface area (Å²) in [7, 11) is 0. The Hall–Kier alpha value is -1.50. The van der Waals surface area contributed by atoms with Crippen LogP contribution in [-0.4, -0.2) is 17.6 Å². The quantitative estimate of drug-likeness (QED) is 0.593. The minimum absolute atomic E-state index is 0.281. The molecule has 0 amide bonds. The van der Waals surface area contributed by atoms with Gasteiger partial charge in [-0.15, -0.1) is 34.0 Å². The number of carbonyl (C=O) groups is 1. The number of thiazole rings is 1. The van der Waals surface area contributed by atoms with Crippen LogP contribution in [0.15, 0.2) is 23.6 Å². The van der Waals surface area contributed by atoms with E-state index in [1.807, 2.05) is 13.8 Å². The van der Waals surface area contributed by atoms with Gasteiger partial charge in [-0.25, -0.2) is 9.78 Å². The van der Waals surface area contributed by atoms with Gasteiger partial charge in [0.05, 0.1) is 17.2 Å². The summed E-state index contributed by atoms with van der Waals surface area (Å²) in [5.74, 6) is -0.281. The van der Waals surface area contributed by atoms with Crippen LogP contribution >= 0.6 is 34.0 Å². The third kappa shape index (κ3) is 2.86. The Morgan fingerprint density at radius 3 is 2.77 bits per heavy atom. The van der Waals surface area contributed by atoms with Crippen molar-refractivity contribution in [2.24, 2.45) is 0 Å². The zero-order valence-corrected chi connectivity index (χ0v) is 15.0. The van der Waals surface area contributed by atoms with Gasteiger partial charge >= 0.3 is 5.97 Å². The molecule has 3 rings (SSSR count). The highest BCUT2D eigenvalue weighted by atomic mass is 32.1. The molecule has 0 atom stereocenters. The molecule has 0 fully saturated rings. The first-order valence-electron chi connectivity index (χ1n) is 6.89. The van der Waals surface area contributed by atoms with Crippen molar-refractivity contribution in [2.45, 2.75) is 20.8 Å². The molecule has 0 aliphatic carbocycles. The Balaban J connectivity index is 1.98. The minimum atomic E-state index is -0.281. The molecule has 0 aromatic carbocycles. The Morgan fingerprint density at radius 2 is 2.09 bits per heavy atom. The summed E-state index contributed by atoms with van der Waals surface area (Å²) in [6.07, 6.45) is 0. The van der Waals surface area contributed by atoms with Crippen LogP contribution in [0, 0.1) is 13.8 Å². The van der Waals surface area contributed by atoms with E-state index < -0.39 is 0 Å². The summed E-state index contributed by atoms with van der Waals surface area (Å²) in [6, 6.07) is 6.37. The molecule has 3 heterocycles. The van der Waals surface area contributed by atoms with E-state index in [0.717, 1.165) is 15.6 Å². The van der Waals surface area contributed by atoms with E-state index in [1.165, 1.54) is 26.7 Å². The van der Waals surface area contributed by atoms with E-state index in [1.54, 1.807) is 22.7 Å². The molecule has 0 aliphatic heterocycles. The molecular formula is C16H15NO2S3. The van der Waals surface area contributed by atoms with E-state index in [4.69, 9.17) is 4.74 Å². The van der Waals surface area contributed by atoms with Crippen molar-refractivity contribution in [3.8, 4) is 19.6 Å². The number of thiophene rings is 2. The SMILES string of the molecule is CCOC(=O)c1sc(-c2sc(-c3cccs3)cc2C)nc1C. The number of hydrogen-bond acceptors (Lipinski definition) is 6. The van der Waals surface area contributed by atoms with Crippen LogP contribution in [0.1, 0.15) is 27.9 Å². The fourth-order valence-electron chi connectivity index (χ4n) is 2.11. The Labute approximate surface area is 141 Å². The average Bonchev–Trinajstić information content (AvgIpc) is 3.18. The lowest BCUT2D eigenvalue weighted by molar-refractivity contribution is 0.0531. The van der Waals surface area contributed by atoms with Crippen LogP contribution in [0.4, 0.5) is 0 Å². The van der Waals surface area contributed by atoms with Gasteiger partial charge in [-0.3, -0.25) is 0 Å². The van der Waals surface area contributed by atoms with Crippen LogP contribution in [0.5, 0.6) is 0 Å². The van der Waals surface area contributed by atoms with Crippen molar-refractivity contribution < 1.29 is 9.53 Å². The van der Waals surface area contributed by atoms with E-state index in [0.29, 0.717) is 11.5 Å². The van der Waals surface area contributed by atoms with Crippen molar-refractivity contribution in [3.05, 3.63) is 39.7 Å². The number of hydrogen-bond donors (Lipinski definition) is 0. The smallest absolute Gasteiger partial charge is 0.350 e. The van der Waals surface area contributed by atoms with E-state index in [9.17, 15) is 4.79 Å². The lowest BCUT2D eigenvalue weighted by atomic mass is 10.2. The van der Waals surface area contributed by atoms with Crippen molar-refractivity contribution in [1.29, 1.82) is 0 Å². The minimum Gasteiger partial charge on any atom is -0.462 e. The molecule has 0 radical (unpaired) electrons. The molecule has 3 aromatic rings.